The normalized spacial score (nSPS) is 24.1. The number of thiocarbonyl (C=S) groups is 1. The van der Waals surface area contributed by atoms with Gasteiger partial charge in [0.2, 0.25) is 5.11 Å². The third-order valence-corrected chi connectivity index (χ3v) is 4.98. The average molecular weight is 394 g/mol. The Labute approximate surface area is 148 Å². The number of carbonyl (C=O) groups is 1. The summed E-state index contributed by atoms with van der Waals surface area (Å²) in [5.41, 5.74) is 0.851. The van der Waals surface area contributed by atoms with Gasteiger partial charge in [-0.1, -0.05) is 28.8 Å². The summed E-state index contributed by atoms with van der Waals surface area (Å²) in [6.45, 7) is 0. The van der Waals surface area contributed by atoms with Crippen LogP contribution in [0.3, 0.4) is 0 Å². The number of fused-ring (bicyclic) bond motifs is 1. The standard InChI is InChI=1S/C16H16BrN3O2S/c17-9-5-7-10(8-6-9)18-16(23)20-19-13-14(21)11-3-1-2-4-12(11)15(13)22/h5-8,11-12,21H,1-4H2,(H,18,23). The third kappa shape index (κ3) is 3.50. The van der Waals surface area contributed by atoms with Crippen LogP contribution in [0, 0.1) is 11.8 Å². The molecule has 1 fully saturated rings. The molecule has 2 atom stereocenters. The summed E-state index contributed by atoms with van der Waals surface area (Å²) >= 11 is 8.47. The van der Waals surface area contributed by atoms with Gasteiger partial charge in [-0.05, 0) is 49.3 Å². The SMILES string of the molecule is O=C1C(N=NC(=S)Nc2ccc(Br)cc2)=C(O)C2CCCCC12. The van der Waals surface area contributed by atoms with E-state index in [2.05, 4.69) is 31.5 Å². The lowest BCUT2D eigenvalue weighted by atomic mass is 9.80. The predicted octanol–water partition coefficient (Wildman–Crippen LogP) is 4.76. The fourth-order valence-corrected chi connectivity index (χ4v) is 3.55. The number of aliphatic hydroxyl groups is 1. The first-order valence-corrected chi connectivity index (χ1v) is 8.72. The Morgan fingerprint density at radius 1 is 1.22 bits per heavy atom. The van der Waals surface area contributed by atoms with Gasteiger partial charge in [0, 0.05) is 22.0 Å². The Hall–Kier alpha value is -1.60. The molecule has 5 nitrogen and oxygen atoms in total. The fraction of sp³-hybridized carbons (Fsp3) is 0.375. The number of halogens is 1. The Bertz CT molecular complexity index is 700. The van der Waals surface area contributed by atoms with Crippen LogP contribution in [0.1, 0.15) is 25.7 Å². The molecule has 0 radical (unpaired) electrons. The number of carbonyl (C=O) groups excluding carboxylic acids is 1. The van der Waals surface area contributed by atoms with Gasteiger partial charge in [-0.2, -0.15) is 0 Å². The molecule has 0 heterocycles. The van der Waals surface area contributed by atoms with E-state index in [0.29, 0.717) is 0 Å². The summed E-state index contributed by atoms with van der Waals surface area (Å²) < 4.78 is 0.963. The lowest BCUT2D eigenvalue weighted by Gasteiger charge is -2.23. The van der Waals surface area contributed by atoms with Crippen molar-refractivity contribution in [2.45, 2.75) is 25.7 Å². The van der Waals surface area contributed by atoms with Gasteiger partial charge in [0.15, 0.2) is 11.5 Å². The topological polar surface area (TPSA) is 74.0 Å². The van der Waals surface area contributed by atoms with Gasteiger partial charge >= 0.3 is 0 Å². The zero-order chi connectivity index (χ0) is 16.4. The zero-order valence-corrected chi connectivity index (χ0v) is 14.7. The van der Waals surface area contributed by atoms with Crippen molar-refractivity contribution < 1.29 is 9.90 Å². The van der Waals surface area contributed by atoms with Gasteiger partial charge in [-0.25, -0.2) is 0 Å². The summed E-state index contributed by atoms with van der Waals surface area (Å²) in [6, 6.07) is 7.44. The molecule has 1 saturated carbocycles. The van der Waals surface area contributed by atoms with Crippen molar-refractivity contribution in [1.82, 2.24) is 0 Å². The molecule has 7 heteroatoms. The Morgan fingerprint density at radius 2 is 1.87 bits per heavy atom. The number of aliphatic hydroxyl groups excluding tert-OH is 1. The first-order chi connectivity index (χ1) is 11.1. The van der Waals surface area contributed by atoms with Gasteiger partial charge in [0.25, 0.3) is 0 Å². The van der Waals surface area contributed by atoms with Crippen molar-refractivity contribution in [2.24, 2.45) is 22.1 Å². The number of hydrogen-bond donors (Lipinski definition) is 2. The minimum Gasteiger partial charge on any atom is -0.510 e. The highest BCUT2D eigenvalue weighted by Gasteiger charge is 2.43. The first kappa shape index (κ1) is 16.3. The summed E-state index contributed by atoms with van der Waals surface area (Å²) in [6.07, 6.45) is 3.71. The monoisotopic (exact) mass is 393 g/mol. The van der Waals surface area contributed by atoms with Crippen LogP contribution in [-0.2, 0) is 4.79 Å². The molecular formula is C16H16BrN3O2S. The molecule has 120 valence electrons. The van der Waals surface area contributed by atoms with Crippen LogP contribution in [-0.4, -0.2) is 16.0 Å². The largest absolute Gasteiger partial charge is 0.510 e. The van der Waals surface area contributed by atoms with Gasteiger partial charge < -0.3 is 10.4 Å². The zero-order valence-electron chi connectivity index (χ0n) is 12.3. The van der Waals surface area contributed by atoms with Crippen molar-refractivity contribution in [3.05, 3.63) is 40.2 Å². The third-order valence-electron chi connectivity index (χ3n) is 4.27. The highest BCUT2D eigenvalue weighted by atomic mass is 79.9. The first-order valence-electron chi connectivity index (χ1n) is 7.52. The van der Waals surface area contributed by atoms with E-state index in [1.807, 2.05) is 24.3 Å². The maximum atomic E-state index is 12.3. The van der Waals surface area contributed by atoms with Crippen LogP contribution < -0.4 is 5.32 Å². The number of hydrogen-bond acceptors (Lipinski definition) is 4. The van der Waals surface area contributed by atoms with Gasteiger partial charge in [-0.15, -0.1) is 10.2 Å². The maximum absolute atomic E-state index is 12.3. The van der Waals surface area contributed by atoms with Gasteiger partial charge in [-0.3, -0.25) is 4.79 Å². The summed E-state index contributed by atoms with van der Waals surface area (Å²) in [5, 5.41) is 21.1. The number of rotatable bonds is 2. The second-order valence-corrected chi connectivity index (χ2v) is 7.03. The van der Waals surface area contributed by atoms with Crippen molar-refractivity contribution in [3.8, 4) is 0 Å². The molecule has 0 aliphatic heterocycles. The Morgan fingerprint density at radius 3 is 2.52 bits per heavy atom. The number of Topliss-reactive ketones (excluding diaryl/α,β-unsaturated/α-hetero) is 1. The number of ketones is 1. The lowest BCUT2D eigenvalue weighted by Crippen LogP contribution is -2.21. The van der Waals surface area contributed by atoms with Crippen LogP contribution >= 0.6 is 28.1 Å². The average Bonchev–Trinajstić information content (AvgIpc) is 2.80. The number of benzene rings is 1. The maximum Gasteiger partial charge on any atom is 0.218 e. The van der Waals surface area contributed by atoms with Crippen LogP contribution in [0.5, 0.6) is 0 Å². The Balaban J connectivity index is 1.69. The molecule has 0 saturated heterocycles. The van der Waals surface area contributed by atoms with Crippen LogP contribution in [0.2, 0.25) is 0 Å². The van der Waals surface area contributed by atoms with E-state index in [4.69, 9.17) is 12.2 Å². The van der Waals surface area contributed by atoms with E-state index in [0.717, 1.165) is 35.8 Å². The quantitative estimate of drug-likeness (QED) is 0.561. The number of azo groups is 1. The number of nitrogens with one attached hydrogen (secondary N) is 1. The van der Waals surface area contributed by atoms with E-state index in [1.54, 1.807) is 0 Å². The molecule has 1 aromatic carbocycles. The molecule has 0 bridgehead atoms. The van der Waals surface area contributed by atoms with E-state index in [1.165, 1.54) is 0 Å². The van der Waals surface area contributed by atoms with E-state index < -0.39 is 0 Å². The molecule has 1 aromatic rings. The number of anilines is 1. The molecule has 0 amide bonds. The van der Waals surface area contributed by atoms with Crippen LogP contribution in [0.25, 0.3) is 0 Å². The minimum atomic E-state index is -0.134. The van der Waals surface area contributed by atoms with E-state index in [-0.39, 0.29) is 34.2 Å². The summed E-state index contributed by atoms with van der Waals surface area (Å²) in [5.74, 6) is -0.249. The van der Waals surface area contributed by atoms with Crippen molar-refractivity contribution in [3.63, 3.8) is 0 Å². The van der Waals surface area contributed by atoms with E-state index >= 15 is 0 Å². The van der Waals surface area contributed by atoms with Crippen molar-refractivity contribution >= 4 is 44.7 Å². The molecule has 2 unspecified atom stereocenters. The second-order valence-electron chi connectivity index (χ2n) is 5.73. The smallest absolute Gasteiger partial charge is 0.218 e. The summed E-state index contributed by atoms with van der Waals surface area (Å²) in [7, 11) is 0. The molecule has 23 heavy (non-hydrogen) atoms. The Kier molecular flexibility index (Phi) is 4.87. The molecule has 3 rings (SSSR count). The fourth-order valence-electron chi connectivity index (χ4n) is 3.13. The second kappa shape index (κ2) is 6.88. The van der Waals surface area contributed by atoms with Crippen molar-refractivity contribution in [1.29, 1.82) is 0 Å². The highest BCUT2D eigenvalue weighted by Crippen LogP contribution is 2.42. The van der Waals surface area contributed by atoms with Gasteiger partial charge in [0.1, 0.15) is 5.76 Å². The van der Waals surface area contributed by atoms with Gasteiger partial charge in [0.05, 0.1) is 0 Å². The highest BCUT2D eigenvalue weighted by molar-refractivity contribution is 9.10. The molecule has 2 aliphatic carbocycles. The van der Waals surface area contributed by atoms with Crippen LogP contribution in [0.15, 0.2) is 50.4 Å². The lowest BCUT2D eigenvalue weighted by molar-refractivity contribution is -0.120. The number of allylic oxidation sites excluding steroid dienone is 2. The molecule has 0 aromatic heterocycles. The van der Waals surface area contributed by atoms with Crippen molar-refractivity contribution in [2.75, 3.05) is 5.32 Å². The molecule has 2 aliphatic rings. The van der Waals surface area contributed by atoms with Crippen LogP contribution in [0.4, 0.5) is 5.69 Å². The number of nitrogens with zero attached hydrogens (tertiary/aromatic N) is 2. The molecule has 2 N–H and O–H groups in total. The predicted molar refractivity (Wildman–Crippen MR) is 95.3 cm³/mol. The summed E-state index contributed by atoms with van der Waals surface area (Å²) in [4.78, 5) is 12.3. The molecular weight excluding hydrogens is 378 g/mol. The minimum absolute atomic E-state index is 0.0712. The molecule has 0 spiro atoms. The van der Waals surface area contributed by atoms with E-state index in [9.17, 15) is 9.90 Å².